The fourth-order valence-corrected chi connectivity index (χ4v) is 3.36. The molecular weight excluding hydrogens is 382 g/mol. The number of anilines is 1. The summed E-state index contributed by atoms with van der Waals surface area (Å²) in [6.45, 7) is 0.224. The summed E-state index contributed by atoms with van der Waals surface area (Å²) in [6.07, 6.45) is 0. The van der Waals surface area contributed by atoms with Crippen molar-refractivity contribution in [2.45, 2.75) is 12.6 Å². The molecule has 0 heterocycles. The Morgan fingerprint density at radius 3 is 2.32 bits per heavy atom. The van der Waals surface area contributed by atoms with Gasteiger partial charge in [-0.2, -0.15) is 0 Å². The van der Waals surface area contributed by atoms with E-state index < -0.39 is 11.9 Å². The van der Waals surface area contributed by atoms with E-state index >= 15 is 0 Å². The average Bonchev–Trinajstić information content (AvgIpc) is 2.68. The van der Waals surface area contributed by atoms with E-state index in [0.717, 1.165) is 10.5 Å². The summed E-state index contributed by atoms with van der Waals surface area (Å²) < 4.78 is 27.4. The van der Waals surface area contributed by atoms with E-state index in [1.54, 1.807) is 12.1 Å². The largest absolute Gasteiger partial charge is 0.321 e. The molecule has 0 saturated carbocycles. The van der Waals surface area contributed by atoms with Gasteiger partial charge in [0.1, 0.15) is 18.2 Å². The standard InChI is InChI=1S/C22H19ClF2N2O/c1-27(14-18-19(23)8-5-9-20(18)25)21(15-6-3-2-4-7-15)22(28)26-17-12-10-16(24)11-13-17/h2-13,21H,14H2,1H3,(H,26,28)/p+1/t21-/m1/s1. The molecule has 0 bridgehead atoms. The molecule has 1 amide bonds. The number of nitrogens with one attached hydrogen (secondary N) is 2. The van der Waals surface area contributed by atoms with Crippen molar-refractivity contribution in [3.05, 3.63) is 101 Å². The molecule has 144 valence electrons. The van der Waals surface area contributed by atoms with E-state index in [-0.39, 0.29) is 18.3 Å². The second kappa shape index (κ2) is 8.95. The van der Waals surface area contributed by atoms with Crippen LogP contribution >= 0.6 is 11.6 Å². The minimum Gasteiger partial charge on any atom is -0.321 e. The van der Waals surface area contributed by atoms with Crippen LogP contribution in [0.4, 0.5) is 14.5 Å². The van der Waals surface area contributed by atoms with Crippen LogP contribution in [0.5, 0.6) is 0 Å². The van der Waals surface area contributed by atoms with Gasteiger partial charge in [0, 0.05) is 11.3 Å². The zero-order valence-electron chi connectivity index (χ0n) is 15.3. The van der Waals surface area contributed by atoms with E-state index in [1.807, 2.05) is 37.4 Å². The molecule has 0 radical (unpaired) electrons. The molecule has 0 fully saturated rings. The highest BCUT2D eigenvalue weighted by atomic mass is 35.5. The quantitative estimate of drug-likeness (QED) is 0.643. The molecule has 3 aromatic carbocycles. The molecule has 0 aliphatic rings. The monoisotopic (exact) mass is 401 g/mol. The first kappa shape index (κ1) is 20.0. The number of quaternary nitrogens is 1. The van der Waals surface area contributed by atoms with Crippen molar-refractivity contribution >= 4 is 23.2 Å². The predicted molar refractivity (Wildman–Crippen MR) is 106 cm³/mol. The topological polar surface area (TPSA) is 33.5 Å². The highest BCUT2D eigenvalue weighted by molar-refractivity contribution is 6.31. The molecular formula is C22H20ClF2N2O+. The van der Waals surface area contributed by atoms with Crippen molar-refractivity contribution in [1.29, 1.82) is 0 Å². The molecule has 28 heavy (non-hydrogen) atoms. The zero-order valence-corrected chi connectivity index (χ0v) is 16.0. The first-order chi connectivity index (χ1) is 13.5. The van der Waals surface area contributed by atoms with E-state index in [9.17, 15) is 13.6 Å². The molecule has 0 aliphatic heterocycles. The molecule has 6 heteroatoms. The molecule has 3 rings (SSSR count). The van der Waals surface area contributed by atoms with Gasteiger partial charge in [0.15, 0.2) is 6.04 Å². The fraction of sp³-hybridized carbons (Fsp3) is 0.136. The van der Waals surface area contributed by atoms with Crippen LogP contribution in [0.25, 0.3) is 0 Å². The van der Waals surface area contributed by atoms with Gasteiger partial charge >= 0.3 is 0 Å². The van der Waals surface area contributed by atoms with Crippen molar-refractivity contribution < 1.29 is 18.5 Å². The van der Waals surface area contributed by atoms with Gasteiger partial charge in [0.2, 0.25) is 0 Å². The van der Waals surface area contributed by atoms with E-state index in [4.69, 9.17) is 11.6 Å². The van der Waals surface area contributed by atoms with Crippen molar-refractivity contribution in [2.75, 3.05) is 12.4 Å². The summed E-state index contributed by atoms with van der Waals surface area (Å²) >= 11 is 6.16. The van der Waals surface area contributed by atoms with Gasteiger partial charge in [0.25, 0.3) is 5.91 Å². The lowest BCUT2D eigenvalue weighted by Gasteiger charge is -2.25. The van der Waals surface area contributed by atoms with Gasteiger partial charge in [-0.15, -0.1) is 0 Å². The third-order valence-electron chi connectivity index (χ3n) is 4.52. The van der Waals surface area contributed by atoms with Crippen molar-refractivity contribution in [2.24, 2.45) is 0 Å². The number of carbonyl (C=O) groups is 1. The number of carbonyl (C=O) groups excluding carboxylic acids is 1. The second-order valence-electron chi connectivity index (χ2n) is 6.56. The highest BCUT2D eigenvalue weighted by Crippen LogP contribution is 2.19. The summed E-state index contributed by atoms with van der Waals surface area (Å²) in [5.74, 6) is -1.06. The lowest BCUT2D eigenvalue weighted by atomic mass is 10.0. The van der Waals surface area contributed by atoms with Gasteiger partial charge < -0.3 is 10.2 Å². The Morgan fingerprint density at radius 1 is 1.00 bits per heavy atom. The Labute approximate surface area is 167 Å². The summed E-state index contributed by atoms with van der Waals surface area (Å²) in [4.78, 5) is 13.8. The van der Waals surface area contributed by atoms with E-state index in [1.165, 1.54) is 30.3 Å². The zero-order chi connectivity index (χ0) is 20.1. The maximum absolute atomic E-state index is 14.2. The van der Waals surface area contributed by atoms with Crippen LogP contribution in [-0.4, -0.2) is 13.0 Å². The number of likely N-dealkylation sites (N-methyl/N-ethyl adjacent to an activating group) is 1. The van der Waals surface area contributed by atoms with Gasteiger partial charge in [-0.3, -0.25) is 4.79 Å². The normalized spacial score (nSPS) is 13.0. The Bertz CT molecular complexity index is 928. The minimum absolute atomic E-state index is 0.224. The van der Waals surface area contributed by atoms with Crippen LogP contribution in [0.2, 0.25) is 5.02 Å². The lowest BCUT2D eigenvalue weighted by Crippen LogP contribution is -3.09. The predicted octanol–water partition coefficient (Wildman–Crippen LogP) is 4.01. The lowest BCUT2D eigenvalue weighted by molar-refractivity contribution is -0.916. The van der Waals surface area contributed by atoms with Crippen LogP contribution < -0.4 is 10.2 Å². The number of rotatable bonds is 6. The summed E-state index contributed by atoms with van der Waals surface area (Å²) in [5, 5.41) is 3.13. The number of hydrogen-bond acceptors (Lipinski definition) is 1. The molecule has 3 nitrogen and oxygen atoms in total. The highest BCUT2D eigenvalue weighted by Gasteiger charge is 2.30. The van der Waals surface area contributed by atoms with Crippen molar-refractivity contribution in [3.63, 3.8) is 0 Å². The Kier molecular flexibility index (Phi) is 6.39. The van der Waals surface area contributed by atoms with E-state index in [2.05, 4.69) is 5.32 Å². The molecule has 3 aromatic rings. The third kappa shape index (κ3) is 4.74. The SMILES string of the molecule is C[NH+](Cc1c(F)cccc1Cl)[C@@H](C(=O)Nc1ccc(F)cc1)c1ccccc1. The summed E-state index contributed by atoms with van der Waals surface area (Å²) in [5.41, 5.74) is 1.63. The summed E-state index contributed by atoms with van der Waals surface area (Å²) in [6, 6.07) is 18.7. The van der Waals surface area contributed by atoms with E-state index in [0.29, 0.717) is 16.3 Å². The van der Waals surface area contributed by atoms with Gasteiger partial charge in [-0.25, -0.2) is 8.78 Å². The Balaban J connectivity index is 1.88. The van der Waals surface area contributed by atoms with Crippen LogP contribution in [-0.2, 0) is 11.3 Å². The number of amides is 1. The van der Waals surface area contributed by atoms with Crippen LogP contribution in [0.1, 0.15) is 17.2 Å². The number of halogens is 3. The van der Waals surface area contributed by atoms with Crippen LogP contribution in [0.3, 0.4) is 0 Å². The number of hydrogen-bond donors (Lipinski definition) is 2. The molecule has 0 saturated heterocycles. The molecule has 0 aliphatic carbocycles. The fourth-order valence-electron chi connectivity index (χ4n) is 3.13. The molecule has 0 aromatic heterocycles. The van der Waals surface area contributed by atoms with Crippen molar-refractivity contribution in [1.82, 2.24) is 0 Å². The number of benzene rings is 3. The van der Waals surface area contributed by atoms with Crippen molar-refractivity contribution in [3.8, 4) is 0 Å². The first-order valence-corrected chi connectivity index (χ1v) is 9.20. The third-order valence-corrected chi connectivity index (χ3v) is 4.87. The molecule has 1 unspecified atom stereocenters. The van der Waals surface area contributed by atoms with Crippen LogP contribution in [0, 0.1) is 11.6 Å². The second-order valence-corrected chi connectivity index (χ2v) is 6.97. The maximum atomic E-state index is 14.2. The minimum atomic E-state index is -0.609. The van der Waals surface area contributed by atoms with Gasteiger partial charge in [-0.05, 0) is 36.4 Å². The Hall–Kier alpha value is -2.76. The maximum Gasteiger partial charge on any atom is 0.287 e. The molecule has 0 spiro atoms. The molecule has 2 atom stereocenters. The first-order valence-electron chi connectivity index (χ1n) is 8.82. The Morgan fingerprint density at radius 2 is 1.68 bits per heavy atom. The molecule has 2 N–H and O–H groups in total. The average molecular weight is 402 g/mol. The summed E-state index contributed by atoms with van der Waals surface area (Å²) in [7, 11) is 1.81. The smallest absolute Gasteiger partial charge is 0.287 e. The van der Waals surface area contributed by atoms with Gasteiger partial charge in [-0.1, -0.05) is 48.0 Å². The van der Waals surface area contributed by atoms with Crippen LogP contribution in [0.15, 0.2) is 72.8 Å². The van der Waals surface area contributed by atoms with Gasteiger partial charge in [0.05, 0.1) is 17.6 Å².